The Hall–Kier alpha value is -1.37. The van der Waals surface area contributed by atoms with Crippen molar-refractivity contribution in [2.45, 2.75) is 90.9 Å². The number of nitrogens with zero attached hydrogens (tertiary/aromatic N) is 2. The van der Waals surface area contributed by atoms with Crippen LogP contribution in [0.15, 0.2) is 24.4 Å². The van der Waals surface area contributed by atoms with Crippen LogP contribution >= 0.6 is 22.6 Å². The van der Waals surface area contributed by atoms with E-state index < -0.39 is 0 Å². The van der Waals surface area contributed by atoms with Crippen LogP contribution in [0.2, 0.25) is 0 Å². The molecule has 1 N–H and O–H groups in total. The van der Waals surface area contributed by atoms with Gasteiger partial charge < -0.3 is 10.1 Å². The van der Waals surface area contributed by atoms with E-state index in [0.717, 1.165) is 18.3 Å². The first-order chi connectivity index (χ1) is 16.3. The molecule has 2 aromatic heterocycles. The van der Waals surface area contributed by atoms with Crippen LogP contribution in [0.1, 0.15) is 94.0 Å². The molecule has 0 bridgehead atoms. The highest BCUT2D eigenvalue weighted by Crippen LogP contribution is 2.33. The predicted molar refractivity (Wildman–Crippen MR) is 150 cm³/mol. The van der Waals surface area contributed by atoms with Gasteiger partial charge in [-0.25, -0.2) is 9.97 Å². The second kappa shape index (κ2) is 15.5. The fourth-order valence-electron chi connectivity index (χ4n) is 5.03. The molecule has 1 aliphatic heterocycles. The Morgan fingerprint density at radius 2 is 1.97 bits per heavy atom. The monoisotopic (exact) mass is 565 g/mol. The summed E-state index contributed by atoms with van der Waals surface area (Å²) < 4.78 is 5.18. The highest BCUT2D eigenvalue weighted by molar-refractivity contribution is 14.1. The molecule has 0 saturated heterocycles. The van der Waals surface area contributed by atoms with E-state index in [1.165, 1.54) is 86.6 Å². The van der Waals surface area contributed by atoms with Gasteiger partial charge >= 0.3 is 0 Å². The third-order valence-corrected chi connectivity index (χ3v) is 6.84. The highest BCUT2D eigenvalue weighted by Gasteiger charge is 2.22. The second-order valence-electron chi connectivity index (χ2n) is 8.76. The molecule has 4 rings (SSSR count). The molecule has 5 heteroatoms. The number of ether oxygens (including phenoxy) is 1. The number of nitrogens with one attached hydrogen (secondary N) is 1. The number of fused-ring (bicyclic) bond motifs is 2. The van der Waals surface area contributed by atoms with Gasteiger partial charge in [-0.3, -0.25) is 0 Å². The number of alkyl halides is 1. The molecule has 0 radical (unpaired) electrons. The zero-order valence-electron chi connectivity index (χ0n) is 21.4. The Balaban J connectivity index is 0.000000914. The smallest absolute Gasteiger partial charge is 0.212 e. The molecule has 2 aliphatic rings. The van der Waals surface area contributed by atoms with Gasteiger partial charge in [-0.15, -0.1) is 0 Å². The Kier molecular flexibility index (Phi) is 13.1. The fraction of sp³-hybridized carbons (Fsp3) is 0.643. The lowest BCUT2D eigenvalue weighted by molar-refractivity contribution is 0.393. The van der Waals surface area contributed by atoms with Gasteiger partial charge in [0.2, 0.25) is 5.88 Å². The molecule has 1 aliphatic carbocycles. The third kappa shape index (κ3) is 8.11. The molecule has 0 amide bonds. The third-order valence-electron chi connectivity index (χ3n) is 6.84. The van der Waals surface area contributed by atoms with Crippen LogP contribution in [0.5, 0.6) is 5.88 Å². The maximum absolute atomic E-state index is 5.18. The van der Waals surface area contributed by atoms with E-state index in [1.54, 1.807) is 7.11 Å². The van der Waals surface area contributed by atoms with Gasteiger partial charge in [0.1, 0.15) is 5.82 Å². The van der Waals surface area contributed by atoms with Gasteiger partial charge in [-0.05, 0) is 78.4 Å². The number of pyridine rings is 2. The van der Waals surface area contributed by atoms with Crippen molar-refractivity contribution in [3.63, 3.8) is 0 Å². The van der Waals surface area contributed by atoms with E-state index in [2.05, 4.69) is 51.9 Å². The van der Waals surface area contributed by atoms with Crippen LogP contribution < -0.4 is 10.1 Å². The number of aromatic nitrogens is 2. The number of hydrogen-bond acceptors (Lipinski definition) is 4. The maximum atomic E-state index is 5.18. The largest absolute Gasteiger partial charge is 0.481 e. The molecule has 2 unspecified atom stereocenters. The molecule has 2 atom stereocenters. The van der Waals surface area contributed by atoms with Crippen molar-refractivity contribution in [3.05, 3.63) is 46.8 Å². The second-order valence-corrected chi connectivity index (χ2v) is 8.76. The standard InChI is InChI=1S/C25H35N3O.C2H6.CH3I/c1-3-19(22-12-13-24(29-2)27-17-22)8-5-4-7-18-10-11-20-16-21-9-6-14-26-25(21)28-23(20)15-18;2*1-2/h12-13,16-19H,3-11,14-15H2,1-2H3,(H,26,28);1-2H3;1H3. The molecule has 184 valence electrons. The molecule has 33 heavy (non-hydrogen) atoms. The van der Waals surface area contributed by atoms with E-state index in [9.17, 15) is 0 Å². The fourth-order valence-corrected chi connectivity index (χ4v) is 5.03. The van der Waals surface area contributed by atoms with E-state index in [4.69, 9.17) is 9.72 Å². The van der Waals surface area contributed by atoms with E-state index in [1.807, 2.05) is 31.0 Å². The lowest BCUT2D eigenvalue weighted by Crippen LogP contribution is -2.20. The molecule has 4 nitrogen and oxygen atoms in total. The minimum absolute atomic E-state index is 0.611. The number of aryl methyl sites for hydroxylation is 2. The minimum atomic E-state index is 0.611. The van der Waals surface area contributed by atoms with Crippen LogP contribution in [0.3, 0.4) is 0 Å². The summed E-state index contributed by atoms with van der Waals surface area (Å²) in [5.41, 5.74) is 5.67. The maximum Gasteiger partial charge on any atom is 0.212 e. The quantitative estimate of drug-likeness (QED) is 0.202. The summed E-state index contributed by atoms with van der Waals surface area (Å²) in [5.74, 6) is 3.28. The summed E-state index contributed by atoms with van der Waals surface area (Å²) in [5, 5.41) is 3.50. The van der Waals surface area contributed by atoms with Gasteiger partial charge in [0.05, 0.1) is 7.11 Å². The SMILES string of the molecule is CC.CCC(CCCCC1CCc2cc3c(nc2C1)NCCC3)c1ccc(OC)nc1.CI. The summed E-state index contributed by atoms with van der Waals surface area (Å²) in [6, 6.07) is 6.60. The molecule has 2 aromatic rings. The van der Waals surface area contributed by atoms with Gasteiger partial charge in [0.15, 0.2) is 0 Å². The van der Waals surface area contributed by atoms with E-state index >= 15 is 0 Å². The molecular weight excluding hydrogens is 521 g/mol. The number of anilines is 1. The molecule has 0 saturated carbocycles. The topological polar surface area (TPSA) is 47.0 Å². The van der Waals surface area contributed by atoms with Crippen molar-refractivity contribution in [1.82, 2.24) is 9.97 Å². The van der Waals surface area contributed by atoms with Crippen LogP contribution in [-0.2, 0) is 19.3 Å². The zero-order valence-corrected chi connectivity index (χ0v) is 23.6. The number of unbranched alkanes of at least 4 members (excludes halogenated alkanes) is 1. The molecule has 0 fully saturated rings. The lowest BCUT2D eigenvalue weighted by atomic mass is 9.82. The first-order valence-corrected chi connectivity index (χ1v) is 15.1. The summed E-state index contributed by atoms with van der Waals surface area (Å²) in [7, 11) is 1.67. The van der Waals surface area contributed by atoms with Crippen molar-refractivity contribution < 1.29 is 4.74 Å². The molecule has 0 spiro atoms. The minimum Gasteiger partial charge on any atom is -0.481 e. The van der Waals surface area contributed by atoms with Crippen molar-refractivity contribution >= 4 is 28.4 Å². The van der Waals surface area contributed by atoms with Crippen molar-refractivity contribution in [3.8, 4) is 5.88 Å². The number of rotatable bonds is 8. The number of hydrogen-bond donors (Lipinski definition) is 1. The zero-order chi connectivity index (χ0) is 24.1. The van der Waals surface area contributed by atoms with Crippen LogP contribution in [0.4, 0.5) is 5.82 Å². The predicted octanol–water partition coefficient (Wildman–Crippen LogP) is 7.78. The van der Waals surface area contributed by atoms with Crippen LogP contribution in [0, 0.1) is 5.92 Å². The highest BCUT2D eigenvalue weighted by atomic mass is 127. The first kappa shape index (κ1) is 27.9. The normalized spacial score (nSPS) is 17.1. The summed E-state index contributed by atoms with van der Waals surface area (Å²) in [4.78, 5) is 11.4. The Bertz CT molecular complexity index is 810. The number of halogens is 1. The van der Waals surface area contributed by atoms with E-state index in [0.29, 0.717) is 11.8 Å². The Morgan fingerprint density at radius 3 is 2.67 bits per heavy atom. The van der Waals surface area contributed by atoms with Crippen molar-refractivity contribution in [1.29, 1.82) is 0 Å². The van der Waals surface area contributed by atoms with Gasteiger partial charge in [-0.2, -0.15) is 0 Å². The number of methoxy groups -OCH3 is 1. The summed E-state index contributed by atoms with van der Waals surface area (Å²) in [6.45, 7) is 7.36. The summed E-state index contributed by atoms with van der Waals surface area (Å²) in [6.07, 6.45) is 14.5. The van der Waals surface area contributed by atoms with Gasteiger partial charge in [0.25, 0.3) is 0 Å². The van der Waals surface area contributed by atoms with E-state index in [-0.39, 0.29) is 0 Å². The molecular formula is C28H44IN3O. The van der Waals surface area contributed by atoms with Crippen LogP contribution in [0.25, 0.3) is 0 Å². The average molecular weight is 566 g/mol. The van der Waals surface area contributed by atoms with Crippen molar-refractivity contribution in [2.75, 3.05) is 23.9 Å². The Morgan fingerprint density at radius 1 is 1.15 bits per heavy atom. The average Bonchev–Trinajstić information content (AvgIpc) is 2.90. The molecule has 0 aromatic carbocycles. The van der Waals surface area contributed by atoms with Crippen LogP contribution in [-0.4, -0.2) is 28.6 Å². The first-order valence-electron chi connectivity index (χ1n) is 12.9. The lowest BCUT2D eigenvalue weighted by Gasteiger charge is -2.27. The summed E-state index contributed by atoms with van der Waals surface area (Å²) >= 11 is 2.15. The van der Waals surface area contributed by atoms with Gasteiger partial charge in [-0.1, -0.05) is 74.8 Å². The Labute approximate surface area is 215 Å². The van der Waals surface area contributed by atoms with Crippen molar-refractivity contribution in [2.24, 2.45) is 5.92 Å². The van der Waals surface area contributed by atoms with Gasteiger partial charge in [0, 0.05) is 24.5 Å². The molecule has 3 heterocycles.